The first-order valence-corrected chi connectivity index (χ1v) is 6.96. The second-order valence-electron chi connectivity index (χ2n) is 4.86. The van der Waals surface area contributed by atoms with Crippen LogP contribution in [0, 0.1) is 0 Å². The van der Waals surface area contributed by atoms with Crippen LogP contribution in [0.25, 0.3) is 0 Å². The van der Waals surface area contributed by atoms with Crippen LogP contribution < -0.4 is 11.1 Å². The molecule has 0 spiro atoms. The van der Waals surface area contributed by atoms with E-state index < -0.39 is 0 Å². The maximum Gasteiger partial charge on any atom is 0.224 e. The average molecular weight is 284 g/mol. The topological polar surface area (TPSA) is 75.4 Å². The maximum atomic E-state index is 12.2. The highest BCUT2D eigenvalue weighted by atomic mass is 16.3. The maximum absolute atomic E-state index is 12.2. The number of nitrogens with one attached hydrogen (secondary N) is 1. The van der Waals surface area contributed by atoms with Gasteiger partial charge < -0.3 is 16.2 Å². The first-order valence-electron chi connectivity index (χ1n) is 6.96. The zero-order valence-corrected chi connectivity index (χ0v) is 11.8. The molecule has 1 amide bonds. The molecule has 0 unspecified atom stereocenters. The molecule has 0 bridgehead atoms. The van der Waals surface area contributed by atoms with Crippen LogP contribution in [0.3, 0.4) is 0 Å². The highest BCUT2D eigenvalue weighted by Crippen LogP contribution is 2.13. The van der Waals surface area contributed by atoms with Crippen molar-refractivity contribution >= 4 is 5.91 Å². The Morgan fingerprint density at radius 3 is 2.29 bits per heavy atom. The minimum Gasteiger partial charge on any atom is -0.394 e. The number of nitrogens with two attached hydrogens (primary N) is 1. The molecule has 4 heteroatoms. The molecule has 110 valence electrons. The van der Waals surface area contributed by atoms with Crippen molar-refractivity contribution < 1.29 is 9.90 Å². The van der Waals surface area contributed by atoms with Gasteiger partial charge in [-0.05, 0) is 16.7 Å². The number of hydrogen-bond acceptors (Lipinski definition) is 3. The summed E-state index contributed by atoms with van der Waals surface area (Å²) in [6.07, 6.45) is 0.261. The molecule has 2 aromatic carbocycles. The van der Waals surface area contributed by atoms with Crippen molar-refractivity contribution in [3.05, 3.63) is 71.3 Å². The van der Waals surface area contributed by atoms with E-state index in [1.54, 1.807) is 0 Å². The van der Waals surface area contributed by atoms with Crippen molar-refractivity contribution in [1.82, 2.24) is 5.32 Å². The van der Waals surface area contributed by atoms with Gasteiger partial charge in [0, 0.05) is 6.54 Å². The van der Waals surface area contributed by atoms with Crippen LogP contribution in [0.5, 0.6) is 0 Å². The van der Waals surface area contributed by atoms with Gasteiger partial charge in [0.25, 0.3) is 0 Å². The summed E-state index contributed by atoms with van der Waals surface area (Å²) in [4.78, 5) is 12.2. The number of amides is 1. The zero-order valence-electron chi connectivity index (χ0n) is 11.8. The van der Waals surface area contributed by atoms with Gasteiger partial charge in [0.05, 0.1) is 19.1 Å². The highest BCUT2D eigenvalue weighted by Gasteiger charge is 2.14. The molecular formula is C17H20N2O2. The summed E-state index contributed by atoms with van der Waals surface area (Å²) >= 11 is 0. The second-order valence-corrected chi connectivity index (χ2v) is 4.86. The monoisotopic (exact) mass is 284 g/mol. The third-order valence-electron chi connectivity index (χ3n) is 3.41. The van der Waals surface area contributed by atoms with Crippen LogP contribution in [-0.2, 0) is 17.8 Å². The quantitative estimate of drug-likeness (QED) is 0.753. The molecule has 21 heavy (non-hydrogen) atoms. The molecule has 0 aliphatic rings. The molecule has 0 saturated carbocycles. The fraction of sp³-hybridized carbons (Fsp3) is 0.235. The third kappa shape index (κ3) is 4.15. The lowest BCUT2D eigenvalue weighted by Crippen LogP contribution is -2.32. The van der Waals surface area contributed by atoms with E-state index >= 15 is 0 Å². The van der Waals surface area contributed by atoms with Gasteiger partial charge in [-0.3, -0.25) is 4.79 Å². The number of rotatable bonds is 6. The van der Waals surface area contributed by atoms with Crippen molar-refractivity contribution in [2.45, 2.75) is 19.0 Å². The molecule has 1 atom stereocenters. The third-order valence-corrected chi connectivity index (χ3v) is 3.41. The molecule has 0 fully saturated rings. The summed E-state index contributed by atoms with van der Waals surface area (Å²) in [6, 6.07) is 16.7. The van der Waals surface area contributed by atoms with Crippen LogP contribution in [-0.4, -0.2) is 17.6 Å². The Kier molecular flexibility index (Phi) is 5.49. The van der Waals surface area contributed by atoms with Gasteiger partial charge in [0.1, 0.15) is 0 Å². The van der Waals surface area contributed by atoms with Gasteiger partial charge in [-0.1, -0.05) is 54.6 Å². The van der Waals surface area contributed by atoms with Gasteiger partial charge in [-0.25, -0.2) is 0 Å². The smallest absolute Gasteiger partial charge is 0.224 e. The molecule has 2 aromatic rings. The van der Waals surface area contributed by atoms with E-state index in [1.165, 1.54) is 0 Å². The van der Waals surface area contributed by atoms with E-state index in [0.717, 1.165) is 16.7 Å². The number of hydrogen-bond donors (Lipinski definition) is 3. The molecule has 0 aliphatic heterocycles. The normalized spacial score (nSPS) is 11.9. The van der Waals surface area contributed by atoms with Crippen LogP contribution in [0.15, 0.2) is 54.6 Å². The van der Waals surface area contributed by atoms with Crippen LogP contribution in [0.2, 0.25) is 0 Å². The van der Waals surface area contributed by atoms with E-state index in [1.807, 2.05) is 54.6 Å². The van der Waals surface area contributed by atoms with E-state index in [0.29, 0.717) is 6.54 Å². The minimum absolute atomic E-state index is 0.126. The lowest BCUT2D eigenvalue weighted by Gasteiger charge is -2.17. The summed E-state index contributed by atoms with van der Waals surface area (Å²) in [7, 11) is 0. The van der Waals surface area contributed by atoms with Gasteiger partial charge in [-0.2, -0.15) is 0 Å². The summed E-state index contributed by atoms with van der Waals surface area (Å²) < 4.78 is 0. The Balaban J connectivity index is 2.03. The molecule has 2 rings (SSSR count). The van der Waals surface area contributed by atoms with E-state index in [-0.39, 0.29) is 25.0 Å². The molecule has 0 aromatic heterocycles. The minimum atomic E-state index is -0.385. The molecule has 0 radical (unpaired) electrons. The number of benzene rings is 2. The van der Waals surface area contributed by atoms with E-state index in [2.05, 4.69) is 5.32 Å². The Morgan fingerprint density at radius 1 is 1.05 bits per heavy atom. The first-order chi connectivity index (χ1) is 10.2. The predicted molar refractivity (Wildman–Crippen MR) is 82.4 cm³/mol. The Labute approximate surface area is 124 Å². The Bertz CT molecular complexity index is 584. The van der Waals surface area contributed by atoms with Crippen LogP contribution >= 0.6 is 0 Å². The SMILES string of the molecule is NCc1ccccc1CC(=O)N[C@@H](CO)c1ccccc1. The number of carbonyl (C=O) groups is 1. The second kappa shape index (κ2) is 7.57. The fourth-order valence-electron chi connectivity index (χ4n) is 2.27. The Morgan fingerprint density at radius 2 is 1.67 bits per heavy atom. The number of aliphatic hydroxyl groups excluding tert-OH is 1. The molecule has 0 aliphatic carbocycles. The van der Waals surface area contributed by atoms with Crippen molar-refractivity contribution in [3.8, 4) is 0 Å². The van der Waals surface area contributed by atoms with Crippen LogP contribution in [0.4, 0.5) is 0 Å². The van der Waals surface area contributed by atoms with Gasteiger partial charge >= 0.3 is 0 Å². The van der Waals surface area contributed by atoms with Crippen molar-refractivity contribution in [2.24, 2.45) is 5.73 Å². The summed E-state index contributed by atoms with van der Waals surface area (Å²) in [5, 5.41) is 12.3. The largest absolute Gasteiger partial charge is 0.394 e. The first kappa shape index (κ1) is 15.2. The van der Waals surface area contributed by atoms with Gasteiger partial charge in [0.2, 0.25) is 5.91 Å². The Hall–Kier alpha value is -2.17. The van der Waals surface area contributed by atoms with Gasteiger partial charge in [0.15, 0.2) is 0 Å². The highest BCUT2D eigenvalue weighted by molar-refractivity contribution is 5.79. The average Bonchev–Trinajstić information content (AvgIpc) is 2.54. The molecule has 0 saturated heterocycles. The van der Waals surface area contributed by atoms with E-state index in [9.17, 15) is 9.90 Å². The fourth-order valence-corrected chi connectivity index (χ4v) is 2.27. The predicted octanol–water partition coefficient (Wildman–Crippen LogP) is 1.54. The number of carbonyl (C=O) groups excluding carboxylic acids is 1. The van der Waals surface area contributed by atoms with Crippen molar-refractivity contribution in [1.29, 1.82) is 0 Å². The molecule has 4 nitrogen and oxygen atoms in total. The molecule has 4 N–H and O–H groups in total. The molecule has 0 heterocycles. The van der Waals surface area contributed by atoms with Crippen LogP contribution in [0.1, 0.15) is 22.7 Å². The lowest BCUT2D eigenvalue weighted by atomic mass is 10.0. The van der Waals surface area contributed by atoms with Crippen molar-refractivity contribution in [3.63, 3.8) is 0 Å². The molecular weight excluding hydrogens is 264 g/mol. The zero-order chi connectivity index (χ0) is 15.1. The lowest BCUT2D eigenvalue weighted by molar-refractivity contribution is -0.121. The number of aliphatic hydroxyl groups is 1. The van der Waals surface area contributed by atoms with Crippen molar-refractivity contribution in [2.75, 3.05) is 6.61 Å². The summed E-state index contributed by atoms with van der Waals surface area (Å²) in [6.45, 7) is 0.278. The summed E-state index contributed by atoms with van der Waals surface area (Å²) in [5.41, 5.74) is 8.45. The van der Waals surface area contributed by atoms with E-state index in [4.69, 9.17) is 5.73 Å². The standard InChI is InChI=1S/C17H20N2O2/c18-11-15-9-5-4-8-14(15)10-17(21)19-16(12-20)13-6-2-1-3-7-13/h1-9,16,20H,10-12,18H2,(H,19,21)/t16-/m0/s1. The summed E-state index contributed by atoms with van der Waals surface area (Å²) in [5.74, 6) is -0.126. The van der Waals surface area contributed by atoms with Gasteiger partial charge in [-0.15, -0.1) is 0 Å².